The van der Waals surface area contributed by atoms with Crippen LogP contribution < -0.4 is 10.2 Å². The maximum atomic E-state index is 13.5. The Kier molecular flexibility index (Phi) is 5.77. The van der Waals surface area contributed by atoms with Crippen LogP contribution in [0.4, 0.5) is 19.1 Å². The third-order valence-corrected chi connectivity index (χ3v) is 5.87. The molecule has 2 aromatic heterocycles. The van der Waals surface area contributed by atoms with Crippen LogP contribution in [-0.4, -0.2) is 69.7 Å². The molecule has 2 aliphatic rings. The Morgan fingerprint density at radius 3 is 2.52 bits per heavy atom. The van der Waals surface area contributed by atoms with Gasteiger partial charge in [0, 0.05) is 38.8 Å². The molecule has 0 aliphatic carbocycles. The van der Waals surface area contributed by atoms with Crippen LogP contribution in [0, 0.1) is 0 Å². The molecule has 31 heavy (non-hydrogen) atoms. The van der Waals surface area contributed by atoms with Gasteiger partial charge in [0.1, 0.15) is 16.6 Å². The minimum absolute atomic E-state index is 0.00705. The molecule has 0 spiro atoms. The predicted octanol–water partition coefficient (Wildman–Crippen LogP) is 2.33. The third kappa shape index (κ3) is 4.18. The number of halogens is 4. The number of amides is 1. The number of carbonyl (C=O) groups excluding carboxylic acids is 1. The zero-order valence-electron chi connectivity index (χ0n) is 16.9. The van der Waals surface area contributed by atoms with Crippen LogP contribution in [0.25, 0.3) is 11.5 Å². The number of hydrogen-bond donors (Lipinski definition) is 1. The van der Waals surface area contributed by atoms with Crippen molar-refractivity contribution in [3.05, 3.63) is 16.6 Å². The van der Waals surface area contributed by atoms with E-state index in [-0.39, 0.29) is 35.3 Å². The molecule has 1 unspecified atom stereocenters. The lowest BCUT2D eigenvalue weighted by Gasteiger charge is -2.39. The fourth-order valence-electron chi connectivity index (χ4n) is 3.49. The predicted molar refractivity (Wildman–Crippen MR) is 105 cm³/mol. The van der Waals surface area contributed by atoms with Crippen LogP contribution in [0.3, 0.4) is 0 Å². The molecule has 1 N–H and O–H groups in total. The van der Waals surface area contributed by atoms with E-state index >= 15 is 0 Å². The second-order valence-electron chi connectivity index (χ2n) is 7.62. The SMILES string of the molecule is CC(C(=O)N1CCNCC1)c1nc(-c2nc(N3CC[C@@H]3C)nc(C(F)(F)F)c2Cl)no1. The maximum Gasteiger partial charge on any atom is 0.435 e. The molecule has 0 bridgehead atoms. The Morgan fingerprint density at radius 2 is 1.94 bits per heavy atom. The number of piperazine rings is 1. The molecule has 4 heterocycles. The second-order valence-corrected chi connectivity index (χ2v) is 7.99. The van der Waals surface area contributed by atoms with Gasteiger partial charge >= 0.3 is 6.18 Å². The van der Waals surface area contributed by atoms with E-state index in [1.165, 1.54) is 0 Å². The van der Waals surface area contributed by atoms with Crippen LogP contribution in [0.2, 0.25) is 5.02 Å². The molecule has 13 heteroatoms. The number of rotatable bonds is 4. The van der Waals surface area contributed by atoms with Gasteiger partial charge in [-0.15, -0.1) is 0 Å². The highest BCUT2D eigenvalue weighted by atomic mass is 35.5. The Morgan fingerprint density at radius 1 is 1.23 bits per heavy atom. The van der Waals surface area contributed by atoms with Crippen molar-refractivity contribution in [2.75, 3.05) is 37.6 Å². The zero-order chi connectivity index (χ0) is 22.3. The quantitative estimate of drug-likeness (QED) is 0.743. The molecule has 2 aromatic rings. The van der Waals surface area contributed by atoms with E-state index in [1.54, 1.807) is 16.7 Å². The summed E-state index contributed by atoms with van der Waals surface area (Å²) in [5.41, 5.74) is -1.54. The normalized spacial score (nSPS) is 20.5. The molecule has 0 radical (unpaired) electrons. The zero-order valence-corrected chi connectivity index (χ0v) is 17.7. The van der Waals surface area contributed by atoms with E-state index in [0.717, 1.165) is 6.42 Å². The van der Waals surface area contributed by atoms with Crippen LogP contribution in [0.5, 0.6) is 0 Å². The Hall–Kier alpha value is -2.47. The molecule has 168 valence electrons. The number of alkyl halides is 3. The van der Waals surface area contributed by atoms with Crippen molar-refractivity contribution in [1.29, 1.82) is 0 Å². The topological polar surface area (TPSA) is 100 Å². The Bertz CT molecular complexity index is 978. The number of nitrogens with zero attached hydrogens (tertiary/aromatic N) is 6. The monoisotopic (exact) mass is 459 g/mol. The summed E-state index contributed by atoms with van der Waals surface area (Å²) >= 11 is 6.01. The molecular weight excluding hydrogens is 439 g/mol. The molecule has 2 atom stereocenters. The first-order valence-corrected chi connectivity index (χ1v) is 10.3. The number of carbonyl (C=O) groups is 1. The van der Waals surface area contributed by atoms with Crippen molar-refractivity contribution in [1.82, 2.24) is 30.3 Å². The van der Waals surface area contributed by atoms with Gasteiger partial charge in [-0.2, -0.15) is 18.2 Å². The van der Waals surface area contributed by atoms with Gasteiger partial charge in [-0.05, 0) is 20.3 Å². The van der Waals surface area contributed by atoms with Crippen molar-refractivity contribution < 1.29 is 22.5 Å². The van der Waals surface area contributed by atoms with E-state index < -0.39 is 22.8 Å². The Labute approximate surface area is 181 Å². The fraction of sp³-hybridized carbons (Fsp3) is 0.611. The molecule has 0 saturated carbocycles. The minimum atomic E-state index is -4.78. The van der Waals surface area contributed by atoms with Gasteiger partial charge in [0.05, 0.1) is 0 Å². The second kappa shape index (κ2) is 8.23. The smallest absolute Gasteiger partial charge is 0.339 e. The van der Waals surface area contributed by atoms with Crippen molar-refractivity contribution in [2.45, 2.75) is 38.4 Å². The average Bonchev–Trinajstić information content (AvgIpc) is 3.22. The lowest BCUT2D eigenvalue weighted by atomic mass is 10.1. The first-order valence-electron chi connectivity index (χ1n) is 9.91. The lowest BCUT2D eigenvalue weighted by molar-refractivity contribution is -0.141. The number of aromatic nitrogens is 4. The average molecular weight is 460 g/mol. The van der Waals surface area contributed by atoms with Gasteiger partial charge in [-0.3, -0.25) is 4.79 Å². The highest BCUT2D eigenvalue weighted by molar-refractivity contribution is 6.33. The summed E-state index contributed by atoms with van der Waals surface area (Å²) in [6.07, 6.45) is -3.96. The van der Waals surface area contributed by atoms with E-state index in [9.17, 15) is 18.0 Å². The maximum absolute atomic E-state index is 13.5. The van der Waals surface area contributed by atoms with Gasteiger partial charge in [0.25, 0.3) is 0 Å². The van der Waals surface area contributed by atoms with Crippen LogP contribution in [-0.2, 0) is 11.0 Å². The minimum Gasteiger partial charge on any atom is -0.339 e. The van der Waals surface area contributed by atoms with Crippen molar-refractivity contribution >= 4 is 23.5 Å². The molecule has 2 fully saturated rings. The first kappa shape index (κ1) is 21.8. The van der Waals surface area contributed by atoms with Gasteiger partial charge in [-0.25, -0.2) is 9.97 Å². The van der Waals surface area contributed by atoms with Crippen LogP contribution >= 0.6 is 11.6 Å². The lowest BCUT2D eigenvalue weighted by Crippen LogP contribution is -2.47. The summed E-state index contributed by atoms with van der Waals surface area (Å²) in [5.74, 6) is -1.28. The number of nitrogens with one attached hydrogen (secondary N) is 1. The van der Waals surface area contributed by atoms with E-state index in [0.29, 0.717) is 32.7 Å². The first-order chi connectivity index (χ1) is 14.7. The van der Waals surface area contributed by atoms with Crippen LogP contribution in [0.15, 0.2) is 4.52 Å². The molecule has 2 aliphatic heterocycles. The van der Waals surface area contributed by atoms with Gasteiger partial charge in [0.15, 0.2) is 5.69 Å². The van der Waals surface area contributed by atoms with Gasteiger partial charge in [0.2, 0.25) is 23.6 Å². The van der Waals surface area contributed by atoms with Crippen molar-refractivity contribution in [3.63, 3.8) is 0 Å². The summed E-state index contributed by atoms with van der Waals surface area (Å²) in [4.78, 5) is 28.0. The molecule has 0 aromatic carbocycles. The van der Waals surface area contributed by atoms with Gasteiger partial charge in [-0.1, -0.05) is 16.8 Å². The summed E-state index contributed by atoms with van der Waals surface area (Å²) in [6.45, 7) is 6.47. The van der Waals surface area contributed by atoms with E-state index in [4.69, 9.17) is 16.1 Å². The third-order valence-electron chi connectivity index (χ3n) is 5.51. The highest BCUT2D eigenvalue weighted by Gasteiger charge is 2.40. The van der Waals surface area contributed by atoms with Crippen molar-refractivity contribution in [3.8, 4) is 11.5 Å². The van der Waals surface area contributed by atoms with Gasteiger partial charge < -0.3 is 19.6 Å². The number of anilines is 1. The summed E-state index contributed by atoms with van der Waals surface area (Å²) in [5, 5.41) is 6.20. The number of hydrogen-bond acceptors (Lipinski definition) is 8. The van der Waals surface area contributed by atoms with Crippen LogP contribution in [0.1, 0.15) is 37.8 Å². The molecular formula is C18H21ClF3N7O2. The molecule has 9 nitrogen and oxygen atoms in total. The van der Waals surface area contributed by atoms with Crippen molar-refractivity contribution in [2.24, 2.45) is 0 Å². The standard InChI is InChI=1S/C18H21ClF3N7O2/c1-9-3-6-29(9)17-24-12(11(19)13(25-17)18(20,21)22)14-26-15(31-27-14)10(2)16(30)28-7-4-23-5-8-28/h9-10,23H,3-8H2,1-2H3/t9-,10?/m0/s1. The summed E-state index contributed by atoms with van der Waals surface area (Å²) < 4.78 is 45.8. The van der Waals surface area contributed by atoms with E-state index in [1.807, 2.05) is 6.92 Å². The molecule has 2 saturated heterocycles. The molecule has 4 rings (SSSR count). The largest absolute Gasteiger partial charge is 0.435 e. The fourth-order valence-corrected chi connectivity index (χ4v) is 3.76. The highest BCUT2D eigenvalue weighted by Crippen LogP contribution is 2.39. The summed E-state index contributed by atoms with van der Waals surface area (Å²) in [7, 11) is 0. The molecule has 1 amide bonds. The van der Waals surface area contributed by atoms with E-state index in [2.05, 4.69) is 25.4 Å². The summed E-state index contributed by atoms with van der Waals surface area (Å²) in [6, 6.07) is 0.00705. The Balaban J connectivity index is 1.67.